The van der Waals surface area contributed by atoms with Crippen molar-refractivity contribution in [1.29, 1.82) is 0 Å². The van der Waals surface area contributed by atoms with Gasteiger partial charge in [-0.25, -0.2) is 8.78 Å². The molecule has 6 nitrogen and oxygen atoms in total. The number of carbonyl (C=O) groups excluding carboxylic acids is 2. The lowest BCUT2D eigenvalue weighted by atomic mass is 9.75. The predicted molar refractivity (Wildman–Crippen MR) is 93.8 cm³/mol. The van der Waals surface area contributed by atoms with E-state index in [1.54, 1.807) is 19.1 Å². The molecule has 27 heavy (non-hydrogen) atoms. The summed E-state index contributed by atoms with van der Waals surface area (Å²) in [6, 6.07) is 3.34. The Bertz CT molecular complexity index is 733. The standard InChI is InChI=1S/C18H22BF2NO5/c1-11-14(3-2-13-10-27-19(25)16(11)13)17(24)22-8-15(23)26-9-12-4-6-18(20,21)7-5-12/h2-3,12,25H,4-10H2,1H3,(H,22,24). The van der Waals surface area contributed by atoms with Crippen LogP contribution < -0.4 is 10.8 Å². The van der Waals surface area contributed by atoms with Crippen molar-refractivity contribution in [2.75, 3.05) is 13.2 Å². The van der Waals surface area contributed by atoms with Gasteiger partial charge in [0.1, 0.15) is 6.54 Å². The molecule has 0 radical (unpaired) electrons. The number of hydrogen-bond donors (Lipinski definition) is 2. The lowest BCUT2D eigenvalue weighted by Gasteiger charge is -2.27. The monoisotopic (exact) mass is 381 g/mol. The molecule has 1 aromatic rings. The van der Waals surface area contributed by atoms with Crippen molar-refractivity contribution in [1.82, 2.24) is 5.32 Å². The molecule has 0 bridgehead atoms. The number of halogens is 2. The first-order chi connectivity index (χ1) is 12.8. The Hall–Kier alpha value is -2.00. The maximum atomic E-state index is 13.1. The summed E-state index contributed by atoms with van der Waals surface area (Å²) in [4.78, 5) is 24.2. The molecule has 0 aromatic heterocycles. The Morgan fingerprint density at radius 3 is 2.78 bits per heavy atom. The molecule has 9 heteroatoms. The van der Waals surface area contributed by atoms with Crippen LogP contribution in [0.25, 0.3) is 0 Å². The minimum atomic E-state index is -2.61. The molecule has 1 amide bonds. The molecular weight excluding hydrogens is 359 g/mol. The van der Waals surface area contributed by atoms with Crippen molar-refractivity contribution in [3.63, 3.8) is 0 Å². The highest BCUT2D eigenvalue weighted by molar-refractivity contribution is 6.62. The topological polar surface area (TPSA) is 84.9 Å². The van der Waals surface area contributed by atoms with Crippen LogP contribution in [0.5, 0.6) is 0 Å². The molecule has 0 spiro atoms. The summed E-state index contributed by atoms with van der Waals surface area (Å²) in [7, 11) is -1.06. The second-order valence-corrected chi connectivity index (χ2v) is 7.14. The van der Waals surface area contributed by atoms with Crippen molar-refractivity contribution in [3.8, 4) is 0 Å². The lowest BCUT2D eigenvalue weighted by Crippen LogP contribution is -2.36. The van der Waals surface area contributed by atoms with Crippen LogP contribution in [0.1, 0.15) is 47.2 Å². The molecule has 1 heterocycles. The third-order valence-electron chi connectivity index (χ3n) is 5.20. The van der Waals surface area contributed by atoms with Crippen molar-refractivity contribution in [2.45, 2.75) is 45.1 Å². The summed E-state index contributed by atoms with van der Waals surface area (Å²) in [5.41, 5.74) is 2.36. The molecule has 0 unspecified atom stereocenters. The van der Waals surface area contributed by atoms with Gasteiger partial charge < -0.3 is 19.7 Å². The smallest absolute Gasteiger partial charge is 0.464 e. The summed E-state index contributed by atoms with van der Waals surface area (Å²) in [6.45, 7) is 1.78. The van der Waals surface area contributed by atoms with E-state index in [1.165, 1.54) is 0 Å². The van der Waals surface area contributed by atoms with Gasteiger partial charge in [0.25, 0.3) is 5.91 Å². The molecule has 0 saturated heterocycles. The molecule has 0 atom stereocenters. The number of nitrogens with one attached hydrogen (secondary N) is 1. The Kier molecular flexibility index (Phi) is 5.81. The Morgan fingerprint density at radius 2 is 2.07 bits per heavy atom. The highest BCUT2D eigenvalue weighted by Crippen LogP contribution is 2.36. The molecule has 1 aromatic carbocycles. The van der Waals surface area contributed by atoms with Gasteiger partial charge in [0, 0.05) is 18.4 Å². The van der Waals surface area contributed by atoms with Crippen molar-refractivity contribution in [3.05, 3.63) is 28.8 Å². The van der Waals surface area contributed by atoms with Crippen molar-refractivity contribution < 1.29 is 32.8 Å². The first-order valence-electron chi connectivity index (χ1n) is 9.00. The lowest BCUT2D eigenvalue weighted by molar-refractivity contribution is -0.145. The van der Waals surface area contributed by atoms with Crippen LogP contribution in [-0.2, 0) is 20.8 Å². The van der Waals surface area contributed by atoms with Crippen LogP contribution in [-0.4, -0.2) is 43.1 Å². The Labute approximate surface area is 156 Å². The molecule has 3 rings (SSSR count). The van der Waals surface area contributed by atoms with Gasteiger partial charge in [-0.1, -0.05) is 6.07 Å². The van der Waals surface area contributed by atoms with Gasteiger partial charge >= 0.3 is 13.1 Å². The number of carbonyl (C=O) groups is 2. The average molecular weight is 381 g/mol. The molecule has 1 aliphatic heterocycles. The van der Waals surface area contributed by atoms with Gasteiger partial charge in [0.05, 0.1) is 13.2 Å². The molecule has 146 valence electrons. The summed E-state index contributed by atoms with van der Waals surface area (Å²) in [6.07, 6.45) is 0.287. The van der Waals surface area contributed by atoms with E-state index in [4.69, 9.17) is 9.39 Å². The largest absolute Gasteiger partial charge is 0.492 e. The van der Waals surface area contributed by atoms with E-state index in [0.717, 1.165) is 5.56 Å². The van der Waals surface area contributed by atoms with Gasteiger partial charge in [0.15, 0.2) is 0 Å². The third kappa shape index (κ3) is 4.65. The Morgan fingerprint density at radius 1 is 1.37 bits per heavy atom. The summed E-state index contributed by atoms with van der Waals surface area (Å²) in [5.74, 6) is -3.74. The number of amides is 1. The van der Waals surface area contributed by atoms with Crippen LogP contribution in [0, 0.1) is 12.8 Å². The number of rotatable bonds is 5. The first kappa shape index (κ1) is 19.8. The SMILES string of the molecule is Cc1c(C(=O)NCC(=O)OCC2CCC(F)(F)CC2)ccc2c1B(O)OC2. The minimum absolute atomic E-state index is 0.0651. The molecular formula is C18H22BF2NO5. The second-order valence-electron chi connectivity index (χ2n) is 7.14. The fourth-order valence-corrected chi connectivity index (χ4v) is 3.53. The summed E-state index contributed by atoms with van der Waals surface area (Å²) < 4.78 is 36.5. The number of hydrogen-bond acceptors (Lipinski definition) is 5. The van der Waals surface area contributed by atoms with Crippen LogP contribution in [0.15, 0.2) is 12.1 Å². The van der Waals surface area contributed by atoms with E-state index < -0.39 is 24.9 Å². The average Bonchev–Trinajstić information content (AvgIpc) is 3.01. The predicted octanol–water partition coefficient (Wildman–Crippen LogP) is 1.31. The fraction of sp³-hybridized carbons (Fsp3) is 0.556. The highest BCUT2D eigenvalue weighted by Gasteiger charge is 2.35. The van der Waals surface area contributed by atoms with Crippen LogP contribution in [0.2, 0.25) is 0 Å². The maximum Gasteiger partial charge on any atom is 0.492 e. The zero-order chi connectivity index (χ0) is 19.6. The molecule has 2 N–H and O–H groups in total. The van der Waals surface area contributed by atoms with Gasteiger partial charge in [-0.2, -0.15) is 0 Å². The molecule has 1 fully saturated rings. The maximum absolute atomic E-state index is 13.1. The summed E-state index contributed by atoms with van der Waals surface area (Å²) in [5, 5.41) is 12.3. The van der Waals surface area contributed by atoms with Gasteiger partial charge in [0.2, 0.25) is 5.92 Å². The van der Waals surface area contributed by atoms with Crippen LogP contribution in [0.4, 0.5) is 8.78 Å². The molecule has 1 saturated carbocycles. The number of fused-ring (bicyclic) bond motifs is 1. The normalized spacial score (nSPS) is 18.9. The van der Waals surface area contributed by atoms with Gasteiger partial charge in [-0.3, -0.25) is 9.59 Å². The van der Waals surface area contributed by atoms with E-state index in [2.05, 4.69) is 5.32 Å². The third-order valence-corrected chi connectivity index (χ3v) is 5.20. The van der Waals surface area contributed by atoms with Gasteiger partial charge in [-0.05, 0) is 48.3 Å². The summed E-state index contributed by atoms with van der Waals surface area (Å²) >= 11 is 0. The Balaban J connectivity index is 1.47. The zero-order valence-corrected chi connectivity index (χ0v) is 15.1. The minimum Gasteiger partial charge on any atom is -0.464 e. The fourth-order valence-electron chi connectivity index (χ4n) is 3.53. The number of esters is 1. The molecule has 1 aliphatic carbocycles. The van der Waals surface area contributed by atoms with E-state index in [-0.39, 0.29) is 31.9 Å². The molecule has 2 aliphatic rings. The number of benzene rings is 1. The van der Waals surface area contributed by atoms with Crippen LogP contribution in [0.3, 0.4) is 0 Å². The van der Waals surface area contributed by atoms with Crippen molar-refractivity contribution in [2.24, 2.45) is 5.92 Å². The zero-order valence-electron chi connectivity index (χ0n) is 15.1. The van der Waals surface area contributed by atoms with E-state index in [1.807, 2.05) is 0 Å². The van der Waals surface area contributed by atoms with E-state index in [9.17, 15) is 23.4 Å². The van der Waals surface area contributed by atoms with E-state index >= 15 is 0 Å². The second kappa shape index (κ2) is 7.94. The number of ether oxygens (including phenoxy) is 1. The van der Waals surface area contributed by atoms with Crippen molar-refractivity contribution >= 4 is 24.5 Å². The number of alkyl halides is 2. The quantitative estimate of drug-likeness (QED) is 0.594. The van der Waals surface area contributed by atoms with Gasteiger partial charge in [-0.15, -0.1) is 0 Å². The van der Waals surface area contributed by atoms with E-state index in [0.29, 0.717) is 36.0 Å². The first-order valence-corrected chi connectivity index (χ1v) is 9.00. The highest BCUT2D eigenvalue weighted by atomic mass is 19.3. The van der Waals surface area contributed by atoms with Crippen LogP contribution >= 0.6 is 0 Å².